The van der Waals surface area contributed by atoms with E-state index in [-0.39, 0.29) is 19.0 Å². The molecule has 0 atom stereocenters. The van der Waals surface area contributed by atoms with Crippen LogP contribution in [-0.4, -0.2) is 56.0 Å². The van der Waals surface area contributed by atoms with Crippen LogP contribution < -0.4 is 10.2 Å². The zero-order chi connectivity index (χ0) is 27.1. The maximum Gasteiger partial charge on any atom is 0.253 e. The summed E-state index contributed by atoms with van der Waals surface area (Å²) in [6.07, 6.45) is 11.6. The molecule has 1 amide bonds. The third-order valence-electron chi connectivity index (χ3n) is 8.70. The van der Waals surface area contributed by atoms with Crippen LogP contribution in [0.5, 0.6) is 0 Å². The summed E-state index contributed by atoms with van der Waals surface area (Å²) in [6.45, 7) is 6.85. The minimum atomic E-state index is -3.62. The number of hydrogen-bond acceptors (Lipinski definition) is 6. The quantitative estimate of drug-likeness (QED) is 0.596. The Morgan fingerprint density at radius 2 is 1.76 bits per heavy atom. The molecule has 0 unspecified atom stereocenters. The number of aliphatic imine (C=N–C) groups is 2. The highest BCUT2D eigenvalue weighted by molar-refractivity contribution is 7.92. The Hall–Kier alpha value is -2.78. The van der Waals surface area contributed by atoms with Gasteiger partial charge in [-0.05, 0) is 80.3 Å². The number of carbonyl (C=O) groups is 1. The highest BCUT2D eigenvalue weighted by atomic mass is 32.2. The number of piperidine rings is 1. The minimum Gasteiger partial charge on any atom is -0.333 e. The number of sulfonamides is 1. The molecule has 0 radical (unpaired) electrons. The van der Waals surface area contributed by atoms with Gasteiger partial charge in [0.25, 0.3) is 5.91 Å². The molecule has 1 aromatic carbocycles. The number of carbonyl (C=O) groups excluding carboxylic acids is 1. The van der Waals surface area contributed by atoms with Crippen molar-refractivity contribution >= 4 is 39.4 Å². The number of amidine groups is 2. The molecule has 1 N–H and O–H groups in total. The second-order valence-electron chi connectivity index (χ2n) is 11.4. The predicted octanol–water partition coefficient (Wildman–Crippen LogP) is 4.55. The van der Waals surface area contributed by atoms with Crippen molar-refractivity contribution in [2.45, 2.75) is 71.3 Å². The number of aryl methyl sites for hydroxylation is 2. The van der Waals surface area contributed by atoms with Gasteiger partial charge < -0.3 is 10.2 Å². The molecule has 8 nitrogen and oxygen atoms in total. The van der Waals surface area contributed by atoms with Gasteiger partial charge in [0.05, 0.1) is 0 Å². The molecule has 9 heteroatoms. The SMILES string of the molecule is Cc1cc(N(C)C2=NC=CC2)cc(C)c1/C=C/S(=O)(=O)N1CCC2(CC1)N=C(C1CCC(C)CC1)NC2=O. The van der Waals surface area contributed by atoms with Crippen molar-refractivity contribution < 1.29 is 13.2 Å². The Bertz CT molecular complexity index is 1300. The molecule has 204 valence electrons. The Kier molecular flexibility index (Phi) is 7.35. The molecule has 38 heavy (non-hydrogen) atoms. The smallest absolute Gasteiger partial charge is 0.253 e. The van der Waals surface area contributed by atoms with Gasteiger partial charge in [-0.1, -0.05) is 25.8 Å². The van der Waals surface area contributed by atoms with Crippen LogP contribution in [0.25, 0.3) is 6.08 Å². The van der Waals surface area contributed by atoms with E-state index in [1.54, 1.807) is 6.08 Å². The number of amides is 1. The first-order chi connectivity index (χ1) is 18.1. The summed E-state index contributed by atoms with van der Waals surface area (Å²) in [5, 5.41) is 4.36. The summed E-state index contributed by atoms with van der Waals surface area (Å²) in [6, 6.07) is 4.12. The van der Waals surface area contributed by atoms with Crippen LogP contribution in [0.15, 0.2) is 39.8 Å². The summed E-state index contributed by atoms with van der Waals surface area (Å²) in [4.78, 5) is 24.3. The summed E-state index contributed by atoms with van der Waals surface area (Å²) in [5.74, 6) is 2.80. The van der Waals surface area contributed by atoms with E-state index in [9.17, 15) is 13.2 Å². The second-order valence-corrected chi connectivity index (χ2v) is 13.2. The van der Waals surface area contributed by atoms with E-state index in [0.29, 0.717) is 18.8 Å². The Morgan fingerprint density at radius 1 is 1.11 bits per heavy atom. The van der Waals surface area contributed by atoms with Crippen LogP contribution in [0.4, 0.5) is 5.69 Å². The van der Waals surface area contributed by atoms with Gasteiger partial charge in [-0.25, -0.2) is 13.4 Å². The highest BCUT2D eigenvalue weighted by Crippen LogP contribution is 2.36. The van der Waals surface area contributed by atoms with Crippen molar-refractivity contribution in [1.82, 2.24) is 9.62 Å². The number of nitrogens with one attached hydrogen (secondary N) is 1. The van der Waals surface area contributed by atoms with E-state index in [2.05, 4.69) is 34.3 Å². The van der Waals surface area contributed by atoms with E-state index in [0.717, 1.165) is 72.1 Å². The zero-order valence-electron chi connectivity index (χ0n) is 22.9. The van der Waals surface area contributed by atoms with Crippen LogP contribution in [0.1, 0.15) is 68.6 Å². The maximum absolute atomic E-state index is 13.2. The van der Waals surface area contributed by atoms with Gasteiger partial charge >= 0.3 is 0 Å². The third kappa shape index (κ3) is 5.23. The normalized spacial score (nSPS) is 25.6. The fourth-order valence-electron chi connectivity index (χ4n) is 6.09. The molecule has 0 bridgehead atoms. The van der Waals surface area contributed by atoms with Crippen molar-refractivity contribution in [3.63, 3.8) is 0 Å². The van der Waals surface area contributed by atoms with Gasteiger partial charge in [0.1, 0.15) is 17.2 Å². The number of benzene rings is 1. The topological polar surface area (TPSA) is 94.4 Å². The molecule has 3 heterocycles. The molecular weight excluding hydrogens is 498 g/mol. The number of hydrogen-bond donors (Lipinski definition) is 1. The van der Waals surface area contributed by atoms with Gasteiger partial charge in [0, 0.05) is 49.8 Å². The standard InChI is InChI=1S/C29H39N5O3S/c1-20-7-9-23(10-8-20)27-31-28(35)29(32-27)12-15-34(16-13-29)38(36,37)17-11-25-21(2)18-24(19-22(25)3)33(4)26-6-5-14-30-26/h5,11,14,17-20,23H,6-10,12-13,15-16H2,1-4H3,(H,31,32,35)/b17-11+. The van der Waals surface area contributed by atoms with Crippen LogP contribution >= 0.6 is 0 Å². The predicted molar refractivity (Wildman–Crippen MR) is 154 cm³/mol. The van der Waals surface area contributed by atoms with Crippen molar-refractivity contribution in [2.24, 2.45) is 21.8 Å². The average Bonchev–Trinajstić information content (AvgIpc) is 3.53. The fraction of sp³-hybridized carbons (Fsp3) is 0.552. The van der Waals surface area contributed by atoms with Crippen molar-refractivity contribution in [2.75, 3.05) is 25.0 Å². The third-order valence-corrected chi connectivity index (χ3v) is 10.3. The lowest BCUT2D eigenvalue weighted by molar-refractivity contribution is -0.124. The Labute approximate surface area is 226 Å². The lowest BCUT2D eigenvalue weighted by atomic mass is 9.82. The average molecular weight is 538 g/mol. The number of rotatable bonds is 5. The van der Waals surface area contributed by atoms with E-state index >= 15 is 0 Å². The molecular formula is C29H39N5O3S. The molecule has 3 aliphatic heterocycles. The van der Waals surface area contributed by atoms with Crippen molar-refractivity contribution in [3.05, 3.63) is 46.5 Å². The van der Waals surface area contributed by atoms with Crippen LogP contribution in [0.3, 0.4) is 0 Å². The van der Waals surface area contributed by atoms with Crippen LogP contribution in [0, 0.1) is 25.7 Å². The Morgan fingerprint density at radius 3 is 2.37 bits per heavy atom. The summed E-state index contributed by atoms with van der Waals surface area (Å²) < 4.78 is 27.9. The molecule has 1 aliphatic carbocycles. The van der Waals surface area contributed by atoms with Gasteiger partial charge in [0.15, 0.2) is 0 Å². The molecule has 4 aliphatic rings. The molecule has 1 aromatic rings. The number of nitrogens with zero attached hydrogens (tertiary/aromatic N) is 4. The Balaban J connectivity index is 1.25. The molecule has 0 aromatic heterocycles. The minimum absolute atomic E-state index is 0.0608. The first kappa shape index (κ1) is 26.8. The summed E-state index contributed by atoms with van der Waals surface area (Å²) in [7, 11) is -1.63. The monoisotopic (exact) mass is 537 g/mol. The van der Waals surface area contributed by atoms with E-state index in [4.69, 9.17) is 4.99 Å². The molecule has 1 saturated heterocycles. The lowest BCUT2D eigenvalue weighted by Crippen LogP contribution is -2.50. The summed E-state index contributed by atoms with van der Waals surface area (Å²) in [5.41, 5.74) is 3.12. The largest absolute Gasteiger partial charge is 0.333 e. The van der Waals surface area contributed by atoms with Crippen molar-refractivity contribution in [1.29, 1.82) is 0 Å². The zero-order valence-corrected chi connectivity index (χ0v) is 23.7. The second kappa shape index (κ2) is 10.4. The number of anilines is 1. The van der Waals surface area contributed by atoms with E-state index < -0.39 is 15.6 Å². The van der Waals surface area contributed by atoms with Gasteiger partial charge in [0.2, 0.25) is 10.0 Å². The molecule has 1 spiro atoms. The lowest BCUT2D eigenvalue weighted by Gasteiger charge is -2.34. The van der Waals surface area contributed by atoms with Gasteiger partial charge in [-0.2, -0.15) is 4.31 Å². The van der Waals surface area contributed by atoms with Gasteiger partial charge in [-0.15, -0.1) is 0 Å². The maximum atomic E-state index is 13.2. The molecule has 5 rings (SSSR count). The van der Waals surface area contributed by atoms with Crippen molar-refractivity contribution in [3.8, 4) is 0 Å². The fourth-order valence-corrected chi connectivity index (χ4v) is 7.26. The molecule has 2 fully saturated rings. The van der Waals surface area contributed by atoms with Gasteiger partial charge in [-0.3, -0.25) is 9.79 Å². The first-order valence-corrected chi connectivity index (χ1v) is 15.2. The summed E-state index contributed by atoms with van der Waals surface area (Å²) >= 11 is 0. The van der Waals surface area contributed by atoms with E-state index in [1.165, 1.54) is 9.71 Å². The highest BCUT2D eigenvalue weighted by Gasteiger charge is 2.48. The van der Waals surface area contributed by atoms with E-state index in [1.807, 2.05) is 33.2 Å². The van der Waals surface area contributed by atoms with Crippen LogP contribution in [0.2, 0.25) is 0 Å². The first-order valence-electron chi connectivity index (χ1n) is 13.7. The van der Waals surface area contributed by atoms with Crippen LogP contribution in [-0.2, 0) is 14.8 Å². The molecule has 1 saturated carbocycles.